The van der Waals surface area contributed by atoms with E-state index in [2.05, 4.69) is 21.2 Å². The summed E-state index contributed by atoms with van der Waals surface area (Å²) in [5.74, 6) is -0.0170. The first-order valence-electron chi connectivity index (χ1n) is 9.63. The fraction of sp³-hybridized carbons (Fsp3) is 0.550. The monoisotopic (exact) mass is 468 g/mol. The molecule has 1 aromatic carbocycles. The lowest BCUT2D eigenvalue weighted by Gasteiger charge is -2.33. The Labute approximate surface area is 177 Å². The number of halogens is 1. The van der Waals surface area contributed by atoms with Gasteiger partial charge in [0.15, 0.2) is 0 Å². The molecule has 1 aliphatic heterocycles. The van der Waals surface area contributed by atoms with Gasteiger partial charge >= 0.3 is 5.97 Å². The molecule has 2 amide bonds. The Hall–Kier alpha value is -1.54. The molecule has 1 heterocycles. The number of nitrogens with zero attached hydrogens (tertiary/aromatic N) is 1. The standard InChI is InChI=1S/C20H25BrN2O4S/c21-14-5-7-15(8-6-14)22-18(24)12-28-10-9-19(25)23-16-4-2-1-3-13(16)11-17(23)20(26)27/h5-8,13,16-17H,1-4,9-12H2,(H,22,24)(H,26,27)/t13-,16-,17-/m0/s1. The third kappa shape index (κ3) is 5.29. The van der Waals surface area contributed by atoms with Crippen molar-refractivity contribution in [3.05, 3.63) is 28.7 Å². The number of rotatable bonds is 7. The van der Waals surface area contributed by atoms with Gasteiger partial charge in [-0.25, -0.2) is 4.79 Å². The Kier molecular flexibility index (Phi) is 7.40. The van der Waals surface area contributed by atoms with Crippen LogP contribution in [0.1, 0.15) is 38.5 Å². The van der Waals surface area contributed by atoms with Gasteiger partial charge in [0.25, 0.3) is 0 Å². The van der Waals surface area contributed by atoms with Crippen LogP contribution in [0.4, 0.5) is 5.69 Å². The zero-order valence-electron chi connectivity index (χ0n) is 15.6. The van der Waals surface area contributed by atoms with Crippen molar-refractivity contribution in [1.29, 1.82) is 0 Å². The fourth-order valence-electron chi connectivity index (χ4n) is 4.22. The lowest BCUT2D eigenvalue weighted by atomic mass is 9.84. The number of fused-ring (bicyclic) bond motifs is 1. The number of hydrogen-bond donors (Lipinski definition) is 2. The van der Waals surface area contributed by atoms with Crippen LogP contribution in [0.15, 0.2) is 28.7 Å². The maximum Gasteiger partial charge on any atom is 0.326 e. The number of carboxylic acids is 1. The Balaban J connectivity index is 1.44. The van der Waals surface area contributed by atoms with Gasteiger partial charge in [0.1, 0.15) is 6.04 Å². The molecular weight excluding hydrogens is 444 g/mol. The molecular formula is C20H25BrN2O4S. The number of carboxylic acid groups (broad SMARTS) is 1. The van der Waals surface area contributed by atoms with Crippen molar-refractivity contribution in [2.24, 2.45) is 5.92 Å². The first kappa shape index (κ1) is 21.2. The fourth-order valence-corrected chi connectivity index (χ4v) is 5.21. The van der Waals surface area contributed by atoms with Gasteiger partial charge in [-0.3, -0.25) is 9.59 Å². The Morgan fingerprint density at radius 1 is 1.18 bits per heavy atom. The molecule has 2 N–H and O–H groups in total. The smallest absolute Gasteiger partial charge is 0.326 e. The van der Waals surface area contributed by atoms with Crippen LogP contribution in [0.3, 0.4) is 0 Å². The zero-order chi connectivity index (χ0) is 20.1. The Morgan fingerprint density at radius 3 is 2.61 bits per heavy atom. The summed E-state index contributed by atoms with van der Waals surface area (Å²) in [7, 11) is 0. The second-order valence-electron chi connectivity index (χ2n) is 7.36. The number of likely N-dealkylation sites (tertiary alicyclic amines) is 1. The summed E-state index contributed by atoms with van der Waals surface area (Å²) in [6.07, 6.45) is 4.95. The van der Waals surface area contributed by atoms with E-state index in [1.54, 1.807) is 4.90 Å². The van der Waals surface area contributed by atoms with Gasteiger partial charge in [-0.05, 0) is 49.4 Å². The first-order valence-corrected chi connectivity index (χ1v) is 11.6. The van der Waals surface area contributed by atoms with E-state index < -0.39 is 12.0 Å². The molecule has 28 heavy (non-hydrogen) atoms. The molecule has 0 radical (unpaired) electrons. The maximum atomic E-state index is 12.7. The molecule has 0 unspecified atom stereocenters. The van der Waals surface area contributed by atoms with Crippen LogP contribution in [-0.2, 0) is 14.4 Å². The third-order valence-electron chi connectivity index (χ3n) is 5.48. The Bertz CT molecular complexity index is 727. The highest BCUT2D eigenvalue weighted by Crippen LogP contribution is 2.40. The van der Waals surface area contributed by atoms with Gasteiger partial charge in [-0.1, -0.05) is 28.8 Å². The molecule has 1 aliphatic carbocycles. The molecule has 3 atom stereocenters. The van der Waals surface area contributed by atoms with Crippen LogP contribution >= 0.6 is 27.7 Å². The molecule has 152 valence electrons. The summed E-state index contributed by atoms with van der Waals surface area (Å²) in [4.78, 5) is 38.0. The predicted octanol–water partition coefficient (Wildman–Crippen LogP) is 3.76. The second-order valence-corrected chi connectivity index (χ2v) is 9.38. The van der Waals surface area contributed by atoms with Gasteiger partial charge in [0.05, 0.1) is 5.75 Å². The molecule has 2 aliphatic rings. The van der Waals surface area contributed by atoms with Crippen LogP contribution in [0.25, 0.3) is 0 Å². The quantitative estimate of drug-likeness (QED) is 0.594. The van der Waals surface area contributed by atoms with Crippen molar-refractivity contribution in [3.8, 4) is 0 Å². The summed E-state index contributed by atoms with van der Waals surface area (Å²) in [5, 5.41) is 12.3. The summed E-state index contributed by atoms with van der Waals surface area (Å²) >= 11 is 4.74. The summed E-state index contributed by atoms with van der Waals surface area (Å²) in [5.41, 5.74) is 0.731. The molecule has 2 fully saturated rings. The topological polar surface area (TPSA) is 86.7 Å². The number of carbonyl (C=O) groups excluding carboxylic acids is 2. The second kappa shape index (κ2) is 9.78. The van der Waals surface area contributed by atoms with Crippen molar-refractivity contribution in [3.63, 3.8) is 0 Å². The van der Waals surface area contributed by atoms with Gasteiger partial charge in [-0.2, -0.15) is 11.8 Å². The summed E-state index contributed by atoms with van der Waals surface area (Å²) < 4.78 is 0.945. The number of amides is 2. The van der Waals surface area contributed by atoms with E-state index in [0.29, 0.717) is 18.1 Å². The van der Waals surface area contributed by atoms with Crippen molar-refractivity contribution >= 4 is 51.2 Å². The molecule has 0 spiro atoms. The molecule has 0 bridgehead atoms. The average molecular weight is 469 g/mol. The Morgan fingerprint density at radius 2 is 1.89 bits per heavy atom. The SMILES string of the molecule is O=C(CSCCC(=O)N1[C@H](C(=O)O)C[C@@H]2CCCC[C@@H]21)Nc1ccc(Br)cc1. The van der Waals surface area contributed by atoms with E-state index in [1.807, 2.05) is 24.3 Å². The lowest BCUT2D eigenvalue weighted by Crippen LogP contribution is -2.46. The predicted molar refractivity (Wildman–Crippen MR) is 113 cm³/mol. The van der Waals surface area contributed by atoms with Crippen molar-refractivity contribution < 1.29 is 19.5 Å². The molecule has 6 nitrogen and oxygen atoms in total. The molecule has 1 aromatic rings. The van der Waals surface area contributed by atoms with E-state index in [1.165, 1.54) is 11.8 Å². The highest BCUT2D eigenvalue weighted by molar-refractivity contribution is 9.10. The molecule has 0 aromatic heterocycles. The number of carbonyl (C=O) groups is 3. The van der Waals surface area contributed by atoms with E-state index in [4.69, 9.17) is 0 Å². The van der Waals surface area contributed by atoms with Crippen LogP contribution in [0.5, 0.6) is 0 Å². The molecule has 8 heteroatoms. The summed E-state index contributed by atoms with van der Waals surface area (Å²) in [6, 6.07) is 6.73. The number of benzene rings is 1. The largest absolute Gasteiger partial charge is 0.480 e. The number of hydrogen-bond acceptors (Lipinski definition) is 4. The first-order chi connectivity index (χ1) is 13.5. The molecule has 1 saturated carbocycles. The van der Waals surface area contributed by atoms with E-state index in [0.717, 1.165) is 35.8 Å². The van der Waals surface area contributed by atoms with Crippen molar-refractivity contribution in [2.45, 2.75) is 50.6 Å². The number of nitrogens with one attached hydrogen (secondary N) is 1. The van der Waals surface area contributed by atoms with Crippen molar-refractivity contribution in [2.75, 3.05) is 16.8 Å². The van der Waals surface area contributed by atoms with Gasteiger partial charge in [-0.15, -0.1) is 0 Å². The number of aliphatic carboxylic acids is 1. The average Bonchev–Trinajstić information content (AvgIpc) is 3.07. The van der Waals surface area contributed by atoms with Crippen LogP contribution in [0.2, 0.25) is 0 Å². The minimum atomic E-state index is -0.899. The van der Waals surface area contributed by atoms with Crippen LogP contribution in [-0.4, -0.2) is 51.4 Å². The van der Waals surface area contributed by atoms with E-state index in [-0.39, 0.29) is 30.0 Å². The molecule has 3 rings (SSSR count). The normalized spacial score (nSPS) is 23.9. The number of anilines is 1. The van der Waals surface area contributed by atoms with Crippen LogP contribution < -0.4 is 5.32 Å². The highest BCUT2D eigenvalue weighted by atomic mass is 79.9. The maximum absolute atomic E-state index is 12.7. The van der Waals surface area contributed by atoms with Gasteiger partial charge in [0.2, 0.25) is 11.8 Å². The minimum absolute atomic E-state index is 0.0769. The zero-order valence-corrected chi connectivity index (χ0v) is 18.0. The third-order valence-corrected chi connectivity index (χ3v) is 6.97. The van der Waals surface area contributed by atoms with Gasteiger partial charge < -0.3 is 15.3 Å². The highest BCUT2D eigenvalue weighted by Gasteiger charge is 2.47. The van der Waals surface area contributed by atoms with E-state index in [9.17, 15) is 19.5 Å². The van der Waals surface area contributed by atoms with Crippen LogP contribution in [0, 0.1) is 5.92 Å². The molecule has 1 saturated heterocycles. The summed E-state index contributed by atoms with van der Waals surface area (Å²) in [6.45, 7) is 0. The minimum Gasteiger partial charge on any atom is -0.480 e. The van der Waals surface area contributed by atoms with E-state index >= 15 is 0 Å². The van der Waals surface area contributed by atoms with Crippen molar-refractivity contribution in [1.82, 2.24) is 4.90 Å². The van der Waals surface area contributed by atoms with Gasteiger partial charge in [0, 0.05) is 28.4 Å². The number of thioether (sulfide) groups is 1. The lowest BCUT2D eigenvalue weighted by molar-refractivity contribution is -0.149.